The highest BCUT2D eigenvalue weighted by Gasteiger charge is 2.24. The second kappa shape index (κ2) is 24.9. The van der Waals surface area contributed by atoms with Gasteiger partial charge in [-0.3, -0.25) is 9.35 Å². The molecule has 0 bridgehead atoms. The van der Waals surface area contributed by atoms with E-state index >= 15 is 0 Å². The van der Waals surface area contributed by atoms with E-state index in [1.807, 2.05) is 0 Å². The topological polar surface area (TPSA) is 104 Å². The summed E-state index contributed by atoms with van der Waals surface area (Å²) in [6.45, 7) is 4.41. The molecular formula is C30H55NO5S. The van der Waals surface area contributed by atoms with Crippen molar-refractivity contribution in [3.63, 3.8) is 0 Å². The fourth-order valence-electron chi connectivity index (χ4n) is 4.07. The molecule has 0 radical (unpaired) electrons. The maximum Gasteiger partial charge on any atom is 0.267 e. The molecule has 0 aliphatic carbocycles. The minimum atomic E-state index is -4.34. The summed E-state index contributed by atoms with van der Waals surface area (Å²) in [7, 11) is -4.34. The Balaban J connectivity index is 4.23. The van der Waals surface area contributed by atoms with Gasteiger partial charge in [-0.2, -0.15) is 8.42 Å². The minimum Gasteiger partial charge on any atom is -0.387 e. The molecule has 0 spiro atoms. The van der Waals surface area contributed by atoms with Crippen molar-refractivity contribution in [2.45, 2.75) is 142 Å². The minimum absolute atomic E-state index is 0.284. The van der Waals surface area contributed by atoms with Gasteiger partial charge < -0.3 is 10.4 Å². The largest absolute Gasteiger partial charge is 0.387 e. The number of allylic oxidation sites excluding steroid dienone is 5. The molecule has 0 aliphatic rings. The van der Waals surface area contributed by atoms with E-state index < -0.39 is 28.0 Å². The SMILES string of the molecule is CCCCCC/C=C/CC/C=C/CC/C=C/C(O)C(CS(=O)(=O)O)NC(=O)CCCCCCCCCC. The van der Waals surface area contributed by atoms with Crippen LogP contribution in [0.2, 0.25) is 0 Å². The van der Waals surface area contributed by atoms with Gasteiger partial charge in [0.1, 0.15) is 0 Å². The molecule has 2 unspecified atom stereocenters. The van der Waals surface area contributed by atoms with Gasteiger partial charge in [0.25, 0.3) is 10.1 Å². The molecule has 2 atom stereocenters. The Morgan fingerprint density at radius 2 is 1.16 bits per heavy atom. The number of unbranched alkanes of at least 4 members (excludes halogenated alkanes) is 13. The van der Waals surface area contributed by atoms with Crippen molar-refractivity contribution in [1.29, 1.82) is 0 Å². The summed E-state index contributed by atoms with van der Waals surface area (Å²) >= 11 is 0. The van der Waals surface area contributed by atoms with Gasteiger partial charge in [0.05, 0.1) is 17.9 Å². The van der Waals surface area contributed by atoms with E-state index in [-0.39, 0.29) is 12.3 Å². The Morgan fingerprint density at radius 1 is 0.703 bits per heavy atom. The van der Waals surface area contributed by atoms with Gasteiger partial charge in [-0.15, -0.1) is 0 Å². The van der Waals surface area contributed by atoms with Crippen LogP contribution in [0.3, 0.4) is 0 Å². The van der Waals surface area contributed by atoms with E-state index in [1.165, 1.54) is 63.9 Å². The molecule has 216 valence electrons. The highest BCUT2D eigenvalue weighted by Crippen LogP contribution is 2.10. The Morgan fingerprint density at radius 3 is 1.70 bits per heavy atom. The molecule has 0 saturated heterocycles. The average Bonchev–Trinajstić information content (AvgIpc) is 2.84. The third kappa shape index (κ3) is 26.0. The van der Waals surface area contributed by atoms with Crippen LogP contribution in [0.15, 0.2) is 36.5 Å². The van der Waals surface area contributed by atoms with Gasteiger partial charge >= 0.3 is 0 Å². The zero-order chi connectivity index (χ0) is 27.6. The Hall–Kier alpha value is -1.44. The van der Waals surface area contributed by atoms with Crippen molar-refractivity contribution in [2.24, 2.45) is 0 Å². The fraction of sp³-hybridized carbons (Fsp3) is 0.767. The van der Waals surface area contributed by atoms with Crippen LogP contribution in [0.25, 0.3) is 0 Å². The lowest BCUT2D eigenvalue weighted by molar-refractivity contribution is -0.122. The normalized spacial score (nSPS) is 14.2. The Kier molecular flexibility index (Phi) is 23.9. The molecular weight excluding hydrogens is 486 g/mol. The van der Waals surface area contributed by atoms with E-state index in [9.17, 15) is 22.9 Å². The molecule has 0 rings (SSSR count). The zero-order valence-electron chi connectivity index (χ0n) is 23.6. The van der Waals surface area contributed by atoms with Gasteiger partial charge in [-0.05, 0) is 44.9 Å². The van der Waals surface area contributed by atoms with Crippen molar-refractivity contribution in [3.8, 4) is 0 Å². The van der Waals surface area contributed by atoms with E-state index in [0.717, 1.165) is 44.9 Å². The summed E-state index contributed by atoms with van der Waals surface area (Å²) in [5, 5.41) is 13.0. The average molecular weight is 542 g/mol. The van der Waals surface area contributed by atoms with Crippen LogP contribution in [0, 0.1) is 0 Å². The second-order valence-corrected chi connectivity index (χ2v) is 11.5. The van der Waals surface area contributed by atoms with Crippen LogP contribution < -0.4 is 5.32 Å². The first-order valence-electron chi connectivity index (χ1n) is 14.7. The number of nitrogens with one attached hydrogen (secondary N) is 1. The van der Waals surface area contributed by atoms with Crippen molar-refractivity contribution in [3.05, 3.63) is 36.5 Å². The summed E-state index contributed by atoms with van der Waals surface area (Å²) in [5.74, 6) is -1.02. The van der Waals surface area contributed by atoms with Crippen molar-refractivity contribution < 1.29 is 22.9 Å². The van der Waals surface area contributed by atoms with Crippen LogP contribution in [-0.4, -0.2) is 41.9 Å². The van der Waals surface area contributed by atoms with Crippen LogP contribution in [0.1, 0.15) is 129 Å². The quantitative estimate of drug-likeness (QED) is 0.0632. The maximum absolute atomic E-state index is 12.3. The monoisotopic (exact) mass is 541 g/mol. The summed E-state index contributed by atoms with van der Waals surface area (Å²) in [6.07, 6.45) is 29.9. The van der Waals surface area contributed by atoms with Crippen LogP contribution >= 0.6 is 0 Å². The highest BCUT2D eigenvalue weighted by molar-refractivity contribution is 7.85. The third-order valence-corrected chi connectivity index (χ3v) is 7.08. The van der Waals surface area contributed by atoms with Gasteiger partial charge in [-0.25, -0.2) is 0 Å². The highest BCUT2D eigenvalue weighted by atomic mass is 32.2. The van der Waals surface area contributed by atoms with Crippen LogP contribution in [0.4, 0.5) is 0 Å². The van der Waals surface area contributed by atoms with E-state index in [0.29, 0.717) is 6.42 Å². The van der Waals surface area contributed by atoms with Crippen molar-refractivity contribution >= 4 is 16.0 Å². The summed E-state index contributed by atoms with van der Waals surface area (Å²) in [6, 6.07) is -1.07. The summed E-state index contributed by atoms with van der Waals surface area (Å²) in [5.41, 5.74) is 0. The molecule has 0 aromatic rings. The van der Waals surface area contributed by atoms with Crippen LogP contribution in [0.5, 0.6) is 0 Å². The number of hydrogen-bond acceptors (Lipinski definition) is 4. The third-order valence-electron chi connectivity index (χ3n) is 6.30. The number of amides is 1. The fourth-order valence-corrected chi connectivity index (χ4v) is 4.80. The lowest BCUT2D eigenvalue weighted by Gasteiger charge is -2.21. The smallest absolute Gasteiger partial charge is 0.267 e. The van der Waals surface area contributed by atoms with Gasteiger partial charge in [-0.1, -0.05) is 115 Å². The molecule has 0 heterocycles. The predicted octanol–water partition coefficient (Wildman–Crippen LogP) is 7.45. The molecule has 7 heteroatoms. The van der Waals surface area contributed by atoms with E-state index in [4.69, 9.17) is 0 Å². The molecule has 3 N–H and O–H groups in total. The Bertz CT molecular complexity index is 730. The van der Waals surface area contributed by atoms with Crippen molar-refractivity contribution in [2.75, 3.05) is 5.75 Å². The van der Waals surface area contributed by atoms with Crippen molar-refractivity contribution in [1.82, 2.24) is 5.32 Å². The van der Waals surface area contributed by atoms with E-state index in [1.54, 1.807) is 6.08 Å². The molecule has 37 heavy (non-hydrogen) atoms. The molecule has 0 saturated carbocycles. The maximum atomic E-state index is 12.3. The number of carbonyl (C=O) groups is 1. The molecule has 0 fully saturated rings. The number of rotatable bonds is 25. The first-order chi connectivity index (χ1) is 17.8. The zero-order valence-corrected chi connectivity index (χ0v) is 24.4. The first kappa shape index (κ1) is 35.6. The lowest BCUT2D eigenvalue weighted by atomic mass is 10.1. The van der Waals surface area contributed by atoms with Gasteiger partial charge in [0.15, 0.2) is 0 Å². The number of aliphatic hydroxyl groups excluding tert-OH is 1. The Labute approximate surface area is 227 Å². The summed E-state index contributed by atoms with van der Waals surface area (Å²) < 4.78 is 32.0. The van der Waals surface area contributed by atoms with E-state index in [2.05, 4.69) is 43.5 Å². The summed E-state index contributed by atoms with van der Waals surface area (Å²) in [4.78, 5) is 12.3. The lowest BCUT2D eigenvalue weighted by Crippen LogP contribution is -2.46. The molecule has 1 amide bonds. The van der Waals surface area contributed by atoms with Gasteiger partial charge in [0, 0.05) is 6.42 Å². The second-order valence-electron chi connectivity index (χ2n) is 10.0. The molecule has 0 aliphatic heterocycles. The standard InChI is InChI=1S/C30H55NO5S/c1-3-5-7-9-11-13-14-15-16-17-18-19-21-23-25-29(32)28(27-37(34,35)36)31-30(33)26-24-22-20-12-10-8-6-4-2/h13-14,17-18,23,25,28-29,32H,3-12,15-16,19-22,24,26-27H2,1-2H3,(H,31,33)(H,34,35,36)/b14-13+,18-17+,25-23+. The first-order valence-corrected chi connectivity index (χ1v) is 16.3. The predicted molar refractivity (Wildman–Crippen MR) is 156 cm³/mol. The number of aliphatic hydroxyl groups is 1. The number of carbonyl (C=O) groups excluding carboxylic acids is 1. The molecule has 6 nitrogen and oxygen atoms in total. The number of hydrogen-bond donors (Lipinski definition) is 3. The van der Waals surface area contributed by atoms with Gasteiger partial charge in [0.2, 0.25) is 5.91 Å². The van der Waals surface area contributed by atoms with Crippen LogP contribution in [-0.2, 0) is 14.9 Å². The molecule has 0 aromatic heterocycles. The molecule has 0 aromatic carbocycles.